The maximum Gasteiger partial charge on any atom is 0.160 e. The predicted molar refractivity (Wildman–Crippen MR) is 146 cm³/mol. The van der Waals surface area contributed by atoms with E-state index in [4.69, 9.17) is 20.8 Å². The van der Waals surface area contributed by atoms with Crippen LogP contribution in [0, 0.1) is 10.8 Å². The average molecular weight is 471 g/mol. The first kappa shape index (κ1) is 22.4. The van der Waals surface area contributed by atoms with Gasteiger partial charge in [-0.3, -0.25) is 10.8 Å². The van der Waals surface area contributed by atoms with Crippen LogP contribution >= 0.6 is 11.8 Å². The van der Waals surface area contributed by atoms with E-state index in [1.165, 1.54) is 0 Å². The second kappa shape index (κ2) is 10.3. The van der Waals surface area contributed by atoms with Gasteiger partial charge in [0.25, 0.3) is 0 Å². The number of hydrogen-bond acceptors (Lipinski definition) is 5. The Morgan fingerprint density at radius 1 is 0.514 bits per heavy atom. The Bertz CT molecular complexity index is 1480. The summed E-state index contributed by atoms with van der Waals surface area (Å²) in [5.74, 6) is 0.555. The van der Waals surface area contributed by atoms with Crippen molar-refractivity contribution in [2.45, 2.75) is 0 Å². The molecule has 0 aliphatic carbocycles. The van der Waals surface area contributed by atoms with Crippen molar-refractivity contribution < 1.29 is 0 Å². The van der Waals surface area contributed by atoms with Crippen LogP contribution in [0.25, 0.3) is 33.8 Å². The number of aromatic nitrogens is 2. The van der Waals surface area contributed by atoms with Gasteiger partial charge in [0.15, 0.2) is 5.82 Å². The summed E-state index contributed by atoms with van der Waals surface area (Å²) in [4.78, 5) is 9.56. The lowest BCUT2D eigenvalue weighted by atomic mass is 10.0. The molecule has 168 valence electrons. The van der Waals surface area contributed by atoms with E-state index in [1.54, 1.807) is 0 Å². The van der Waals surface area contributed by atoms with Crippen molar-refractivity contribution in [1.82, 2.24) is 9.97 Å². The molecule has 0 amide bonds. The van der Waals surface area contributed by atoms with Crippen LogP contribution in [0.15, 0.2) is 121 Å². The predicted octanol–water partition coefficient (Wildman–Crippen LogP) is 7.56. The smallest absolute Gasteiger partial charge is 0.160 e. The Balaban J connectivity index is 1.55. The van der Waals surface area contributed by atoms with E-state index in [2.05, 4.69) is 24.3 Å². The average Bonchev–Trinajstić information content (AvgIpc) is 2.94. The van der Waals surface area contributed by atoms with Gasteiger partial charge in [-0.15, -0.1) is 0 Å². The summed E-state index contributed by atoms with van der Waals surface area (Å²) in [7, 11) is 0. The summed E-state index contributed by atoms with van der Waals surface area (Å²) >= 11 is 1.09. The molecule has 1 aromatic heterocycles. The Hall–Kier alpha value is -4.35. The summed E-state index contributed by atoms with van der Waals surface area (Å²) in [6, 6.07) is 39.5. The third kappa shape index (κ3) is 5.26. The van der Waals surface area contributed by atoms with Gasteiger partial charge in [0, 0.05) is 16.7 Å². The highest BCUT2D eigenvalue weighted by Crippen LogP contribution is 2.28. The molecule has 5 rings (SSSR count). The maximum atomic E-state index is 8.74. The molecule has 1 heterocycles. The molecule has 0 saturated heterocycles. The molecule has 0 bridgehead atoms. The van der Waals surface area contributed by atoms with Crippen molar-refractivity contribution in [3.63, 3.8) is 0 Å². The molecule has 4 aromatic carbocycles. The fourth-order valence-corrected chi connectivity index (χ4v) is 4.39. The normalized spacial score (nSPS) is 10.6. The zero-order chi connectivity index (χ0) is 24.0. The molecule has 0 saturated carbocycles. The standard InChI is InChI=1S/C30H22N4S/c31-28(22-13-6-2-7-14-22)35-29(32)27-20-26(33-30(34-27)23-15-8-3-9-16-23)25-18-10-17-24(19-25)21-11-4-1-5-12-21/h1-20,31-32H. The number of nitrogens with zero attached hydrogens (tertiary/aromatic N) is 2. The third-order valence-corrected chi connectivity index (χ3v) is 6.35. The zero-order valence-corrected chi connectivity index (χ0v) is 19.7. The molecule has 4 nitrogen and oxygen atoms in total. The highest BCUT2D eigenvalue weighted by Gasteiger charge is 2.15. The number of thioether (sulfide) groups is 1. The largest absolute Gasteiger partial charge is 0.293 e. The minimum atomic E-state index is 0.207. The summed E-state index contributed by atoms with van der Waals surface area (Å²) in [6.07, 6.45) is 0. The summed E-state index contributed by atoms with van der Waals surface area (Å²) in [6.45, 7) is 0. The van der Waals surface area contributed by atoms with Gasteiger partial charge in [-0.05, 0) is 35.0 Å². The van der Waals surface area contributed by atoms with E-state index in [-0.39, 0.29) is 5.04 Å². The molecule has 0 fully saturated rings. The van der Waals surface area contributed by atoms with Gasteiger partial charge in [-0.2, -0.15) is 0 Å². The molecule has 0 radical (unpaired) electrons. The molecule has 2 N–H and O–H groups in total. The van der Waals surface area contributed by atoms with Crippen molar-refractivity contribution in [2.24, 2.45) is 0 Å². The highest BCUT2D eigenvalue weighted by atomic mass is 32.2. The molecule has 0 unspecified atom stereocenters. The highest BCUT2D eigenvalue weighted by molar-refractivity contribution is 8.27. The number of hydrogen-bond donors (Lipinski definition) is 2. The first-order valence-electron chi connectivity index (χ1n) is 11.2. The molecule has 5 aromatic rings. The Labute approximate surface area is 208 Å². The molecule has 5 heteroatoms. The van der Waals surface area contributed by atoms with Crippen LogP contribution in [0.2, 0.25) is 0 Å². The summed E-state index contributed by atoms with van der Waals surface area (Å²) in [5, 5.41) is 17.7. The lowest BCUT2D eigenvalue weighted by Gasteiger charge is -2.11. The van der Waals surface area contributed by atoms with Crippen molar-refractivity contribution >= 4 is 21.8 Å². The molecule has 0 aliphatic heterocycles. The zero-order valence-electron chi connectivity index (χ0n) is 18.8. The van der Waals surface area contributed by atoms with Gasteiger partial charge in [0.05, 0.1) is 11.4 Å². The minimum absolute atomic E-state index is 0.207. The third-order valence-electron chi connectivity index (χ3n) is 5.50. The van der Waals surface area contributed by atoms with Gasteiger partial charge >= 0.3 is 0 Å². The second-order valence-corrected chi connectivity index (χ2v) is 8.92. The molecule has 0 aliphatic rings. The van der Waals surface area contributed by atoms with E-state index >= 15 is 0 Å². The maximum absolute atomic E-state index is 8.74. The molecule has 0 atom stereocenters. The van der Waals surface area contributed by atoms with Gasteiger partial charge < -0.3 is 0 Å². The van der Waals surface area contributed by atoms with E-state index in [1.807, 2.05) is 97.1 Å². The number of rotatable bonds is 5. The molecule has 35 heavy (non-hydrogen) atoms. The van der Waals surface area contributed by atoms with Crippen LogP contribution in [-0.2, 0) is 0 Å². The first-order chi connectivity index (χ1) is 17.2. The van der Waals surface area contributed by atoms with Gasteiger partial charge in [0.2, 0.25) is 0 Å². The Morgan fingerprint density at radius 2 is 1.09 bits per heavy atom. The number of benzene rings is 4. The van der Waals surface area contributed by atoms with E-state index in [0.29, 0.717) is 16.6 Å². The van der Waals surface area contributed by atoms with E-state index in [0.717, 1.165) is 45.3 Å². The van der Waals surface area contributed by atoms with E-state index in [9.17, 15) is 0 Å². The molecule has 0 spiro atoms. The fraction of sp³-hybridized carbons (Fsp3) is 0. The lowest BCUT2D eigenvalue weighted by molar-refractivity contribution is 1.16. The quantitative estimate of drug-likeness (QED) is 0.206. The first-order valence-corrected chi connectivity index (χ1v) is 12.0. The van der Waals surface area contributed by atoms with Crippen LogP contribution in [0.3, 0.4) is 0 Å². The van der Waals surface area contributed by atoms with E-state index < -0.39 is 0 Å². The monoisotopic (exact) mass is 470 g/mol. The summed E-state index contributed by atoms with van der Waals surface area (Å²) < 4.78 is 0. The van der Waals surface area contributed by atoms with Gasteiger partial charge in [0.1, 0.15) is 10.1 Å². The SMILES string of the molecule is N=C(SC(=N)c1cc(-c2cccc(-c3ccccc3)c2)nc(-c2ccccc2)n1)c1ccccc1. The van der Waals surface area contributed by atoms with Crippen molar-refractivity contribution in [3.8, 4) is 33.8 Å². The summed E-state index contributed by atoms with van der Waals surface area (Å²) in [5.41, 5.74) is 6.06. The van der Waals surface area contributed by atoms with Crippen LogP contribution in [-0.4, -0.2) is 20.1 Å². The van der Waals surface area contributed by atoms with Crippen molar-refractivity contribution in [1.29, 1.82) is 10.8 Å². The molecular weight excluding hydrogens is 448 g/mol. The second-order valence-electron chi connectivity index (χ2n) is 7.90. The van der Waals surface area contributed by atoms with Gasteiger partial charge in [-0.1, -0.05) is 109 Å². The molecular formula is C30H22N4S. The van der Waals surface area contributed by atoms with Crippen LogP contribution in [0.1, 0.15) is 11.3 Å². The fourth-order valence-electron chi connectivity index (χ4n) is 3.72. The van der Waals surface area contributed by atoms with Gasteiger partial charge in [-0.25, -0.2) is 9.97 Å². The van der Waals surface area contributed by atoms with Crippen molar-refractivity contribution in [3.05, 3.63) is 133 Å². The topological polar surface area (TPSA) is 73.5 Å². The Kier molecular flexibility index (Phi) is 6.59. The van der Waals surface area contributed by atoms with Crippen molar-refractivity contribution in [2.75, 3.05) is 0 Å². The van der Waals surface area contributed by atoms with Crippen LogP contribution in [0.5, 0.6) is 0 Å². The Morgan fingerprint density at radius 3 is 1.77 bits per heavy atom. The minimum Gasteiger partial charge on any atom is -0.293 e. The van der Waals surface area contributed by atoms with Crippen LogP contribution in [0.4, 0.5) is 0 Å². The van der Waals surface area contributed by atoms with Crippen LogP contribution < -0.4 is 0 Å². The number of nitrogens with one attached hydrogen (secondary N) is 2. The lowest BCUT2D eigenvalue weighted by Crippen LogP contribution is -2.06.